The maximum atomic E-state index is 4.25. The normalized spacial score (nSPS) is 10.4. The molecule has 0 rings (SSSR count). The Morgan fingerprint density at radius 1 is 0.727 bits per heavy atom. The van der Waals surface area contributed by atoms with Gasteiger partial charge in [-0.15, -0.1) is 0 Å². The van der Waals surface area contributed by atoms with Crippen molar-refractivity contribution in [1.29, 1.82) is 0 Å². The summed E-state index contributed by atoms with van der Waals surface area (Å²) in [6, 6.07) is 0. The highest BCUT2D eigenvalue weighted by Gasteiger charge is 2.09. The van der Waals surface area contributed by atoms with Gasteiger partial charge in [-0.25, -0.2) is 0 Å². The summed E-state index contributed by atoms with van der Waals surface area (Å²) in [7, 11) is 3.25. The highest BCUT2D eigenvalue weighted by Crippen LogP contribution is 2.18. The van der Waals surface area contributed by atoms with Gasteiger partial charge in [0.15, 0.2) is 0 Å². The number of hydrogen-bond donors (Lipinski definition) is 0. The van der Waals surface area contributed by atoms with Crippen molar-refractivity contribution in [2.45, 2.75) is 34.6 Å². The van der Waals surface area contributed by atoms with Crippen LogP contribution in [-0.2, 0) is 4.74 Å². The van der Waals surface area contributed by atoms with E-state index in [4.69, 9.17) is 0 Å². The van der Waals surface area contributed by atoms with Gasteiger partial charge in [0.1, 0.15) is 0 Å². The fourth-order valence-electron chi connectivity index (χ4n) is 0.770. The smallest absolute Gasteiger partial charge is 0.0351 e. The fourth-order valence-corrected chi connectivity index (χ4v) is 0.770. The van der Waals surface area contributed by atoms with E-state index in [1.54, 1.807) is 14.2 Å². The summed E-state index contributed by atoms with van der Waals surface area (Å²) in [6.45, 7) is 11.4. The molecule has 70 valence electrons. The van der Waals surface area contributed by atoms with Gasteiger partial charge in [0.25, 0.3) is 0 Å². The van der Waals surface area contributed by atoms with Gasteiger partial charge in [0, 0.05) is 14.2 Å². The Hall–Kier alpha value is -0.0400. The van der Waals surface area contributed by atoms with Gasteiger partial charge in [-0.1, -0.05) is 34.6 Å². The third-order valence-electron chi connectivity index (χ3n) is 2.10. The van der Waals surface area contributed by atoms with Gasteiger partial charge in [0.05, 0.1) is 0 Å². The average Bonchev–Trinajstić information content (AvgIpc) is 1.87. The van der Waals surface area contributed by atoms with Crippen LogP contribution in [0.1, 0.15) is 34.6 Å². The first-order chi connectivity index (χ1) is 4.97. The van der Waals surface area contributed by atoms with Gasteiger partial charge in [0.2, 0.25) is 0 Å². The van der Waals surface area contributed by atoms with Crippen molar-refractivity contribution in [2.75, 3.05) is 14.2 Å². The molecular formula is C10H24O. The highest BCUT2D eigenvalue weighted by atomic mass is 16.4. The zero-order chi connectivity index (χ0) is 9.44. The molecule has 0 spiro atoms. The Bertz CT molecular complexity index is 59.3. The Kier molecular flexibility index (Phi) is 9.92. The number of rotatable bonds is 2. The summed E-state index contributed by atoms with van der Waals surface area (Å²) in [5.74, 6) is 2.56. The molecule has 0 N–H and O–H groups in total. The van der Waals surface area contributed by atoms with Crippen molar-refractivity contribution in [1.82, 2.24) is 0 Å². The van der Waals surface area contributed by atoms with Crippen LogP contribution in [0.25, 0.3) is 0 Å². The molecule has 0 unspecified atom stereocenters. The van der Waals surface area contributed by atoms with Crippen LogP contribution in [0.3, 0.4) is 0 Å². The number of methoxy groups -OCH3 is 1. The third kappa shape index (κ3) is 9.96. The molecule has 0 bridgehead atoms. The summed E-state index contributed by atoms with van der Waals surface area (Å²) in [5, 5.41) is 0. The van der Waals surface area contributed by atoms with Crippen LogP contribution < -0.4 is 0 Å². The van der Waals surface area contributed by atoms with E-state index in [9.17, 15) is 0 Å². The zero-order valence-electron chi connectivity index (χ0n) is 9.14. The van der Waals surface area contributed by atoms with Crippen molar-refractivity contribution < 1.29 is 4.74 Å². The summed E-state index contributed by atoms with van der Waals surface area (Å²) in [6.07, 6.45) is 0. The van der Waals surface area contributed by atoms with Gasteiger partial charge in [-0.3, -0.25) is 0 Å². The lowest BCUT2D eigenvalue weighted by Crippen LogP contribution is -2.10. The van der Waals surface area contributed by atoms with E-state index in [1.807, 2.05) is 0 Å². The maximum absolute atomic E-state index is 4.25. The Morgan fingerprint density at radius 3 is 0.909 bits per heavy atom. The van der Waals surface area contributed by atoms with Crippen molar-refractivity contribution in [3.05, 3.63) is 0 Å². The molecule has 0 radical (unpaired) electrons. The van der Waals surface area contributed by atoms with Gasteiger partial charge < -0.3 is 4.74 Å². The minimum atomic E-state index is 0.843. The average molecular weight is 160 g/mol. The first-order valence-corrected chi connectivity index (χ1v) is 4.37. The first-order valence-electron chi connectivity index (χ1n) is 4.37. The van der Waals surface area contributed by atoms with E-state index in [2.05, 4.69) is 39.4 Å². The minimum absolute atomic E-state index is 0.843. The van der Waals surface area contributed by atoms with E-state index in [0.717, 1.165) is 17.8 Å². The topological polar surface area (TPSA) is 9.23 Å². The fraction of sp³-hybridized carbons (Fsp3) is 1.00. The van der Waals surface area contributed by atoms with Crippen LogP contribution in [0, 0.1) is 17.8 Å². The van der Waals surface area contributed by atoms with Crippen molar-refractivity contribution in [3.8, 4) is 0 Å². The van der Waals surface area contributed by atoms with Crippen LogP contribution >= 0.6 is 0 Å². The van der Waals surface area contributed by atoms with E-state index in [1.165, 1.54) is 0 Å². The molecule has 0 aliphatic rings. The molecular weight excluding hydrogens is 136 g/mol. The quantitative estimate of drug-likeness (QED) is 0.603. The van der Waals surface area contributed by atoms with Crippen LogP contribution in [0.4, 0.5) is 0 Å². The monoisotopic (exact) mass is 160 g/mol. The minimum Gasteiger partial charge on any atom is -0.388 e. The lowest BCUT2D eigenvalue weighted by molar-refractivity contribution is 0.277. The molecule has 0 heterocycles. The zero-order valence-corrected chi connectivity index (χ0v) is 9.14. The predicted octanol–water partition coefficient (Wildman–Crippen LogP) is 3.20. The Morgan fingerprint density at radius 2 is 0.909 bits per heavy atom. The second-order valence-electron chi connectivity index (χ2n) is 3.76. The lowest BCUT2D eigenvalue weighted by Gasteiger charge is -2.18. The van der Waals surface area contributed by atoms with Crippen molar-refractivity contribution >= 4 is 0 Å². The maximum Gasteiger partial charge on any atom is 0.0351 e. The standard InChI is InChI=1S/C8H18.C2H6O/c1-6(2)8(5)7(3)4;1-3-2/h6-8H,1-5H3;1-2H3. The van der Waals surface area contributed by atoms with Crippen LogP contribution in [0.2, 0.25) is 0 Å². The largest absolute Gasteiger partial charge is 0.388 e. The van der Waals surface area contributed by atoms with Gasteiger partial charge >= 0.3 is 0 Å². The predicted molar refractivity (Wildman–Crippen MR) is 51.8 cm³/mol. The van der Waals surface area contributed by atoms with Crippen LogP contribution in [0.5, 0.6) is 0 Å². The van der Waals surface area contributed by atoms with Gasteiger partial charge in [-0.2, -0.15) is 0 Å². The highest BCUT2D eigenvalue weighted by molar-refractivity contribution is 4.59. The third-order valence-corrected chi connectivity index (χ3v) is 2.10. The molecule has 0 aromatic heterocycles. The molecule has 0 fully saturated rings. The molecule has 0 aromatic carbocycles. The van der Waals surface area contributed by atoms with Crippen LogP contribution in [-0.4, -0.2) is 14.2 Å². The van der Waals surface area contributed by atoms with Crippen molar-refractivity contribution in [2.24, 2.45) is 17.8 Å². The van der Waals surface area contributed by atoms with Crippen molar-refractivity contribution in [3.63, 3.8) is 0 Å². The van der Waals surface area contributed by atoms with E-state index in [0.29, 0.717) is 0 Å². The molecule has 0 aliphatic carbocycles. The Labute approximate surface area is 72.1 Å². The Balaban J connectivity index is 0. The summed E-state index contributed by atoms with van der Waals surface area (Å²) in [4.78, 5) is 0. The lowest BCUT2D eigenvalue weighted by atomic mass is 9.88. The molecule has 1 heteroatoms. The molecule has 0 aliphatic heterocycles. The van der Waals surface area contributed by atoms with E-state index < -0.39 is 0 Å². The molecule has 0 amide bonds. The molecule has 0 aromatic rings. The molecule has 0 atom stereocenters. The second kappa shape index (κ2) is 8.06. The molecule has 0 saturated heterocycles. The SMILES string of the molecule is CC(C)C(C)C(C)C.COC. The molecule has 11 heavy (non-hydrogen) atoms. The van der Waals surface area contributed by atoms with E-state index >= 15 is 0 Å². The van der Waals surface area contributed by atoms with E-state index in [-0.39, 0.29) is 0 Å². The first kappa shape index (κ1) is 13.5. The van der Waals surface area contributed by atoms with Crippen LogP contribution in [0.15, 0.2) is 0 Å². The van der Waals surface area contributed by atoms with Gasteiger partial charge in [-0.05, 0) is 17.8 Å². The summed E-state index contributed by atoms with van der Waals surface area (Å²) in [5.41, 5.74) is 0. The summed E-state index contributed by atoms with van der Waals surface area (Å²) < 4.78 is 4.25. The molecule has 1 nitrogen and oxygen atoms in total. The molecule has 0 saturated carbocycles. The summed E-state index contributed by atoms with van der Waals surface area (Å²) >= 11 is 0. The number of hydrogen-bond acceptors (Lipinski definition) is 1. The second-order valence-corrected chi connectivity index (χ2v) is 3.76. The number of ether oxygens (including phenoxy) is 1.